The third-order valence-electron chi connectivity index (χ3n) is 5.13. The van der Waals surface area contributed by atoms with Gasteiger partial charge in [-0.2, -0.15) is 0 Å². The van der Waals surface area contributed by atoms with Crippen LogP contribution in [0.5, 0.6) is 5.75 Å². The van der Waals surface area contributed by atoms with Crippen molar-refractivity contribution in [3.05, 3.63) is 59.4 Å². The maximum absolute atomic E-state index is 12.7. The van der Waals surface area contributed by atoms with Crippen molar-refractivity contribution in [2.75, 3.05) is 18.6 Å². The number of aryl methyl sites for hydroxylation is 1. The molecule has 0 bridgehead atoms. The lowest BCUT2D eigenvalue weighted by atomic mass is 10.1. The van der Waals surface area contributed by atoms with E-state index < -0.39 is 5.97 Å². The van der Waals surface area contributed by atoms with Crippen LogP contribution < -0.4 is 9.64 Å². The van der Waals surface area contributed by atoms with Crippen LogP contribution in [0.1, 0.15) is 28.6 Å². The fraction of sp³-hybridized carbons (Fsp3) is 0.273. The Hall–Kier alpha value is -3.28. The highest BCUT2D eigenvalue weighted by molar-refractivity contribution is 6.00. The molecule has 0 aliphatic carbocycles. The van der Waals surface area contributed by atoms with Gasteiger partial charge in [-0.3, -0.25) is 4.79 Å². The van der Waals surface area contributed by atoms with Gasteiger partial charge < -0.3 is 18.8 Å². The molecule has 1 amide bonds. The quantitative estimate of drug-likeness (QED) is 0.644. The van der Waals surface area contributed by atoms with Gasteiger partial charge in [0.05, 0.1) is 7.11 Å². The zero-order chi connectivity index (χ0) is 19.8. The maximum atomic E-state index is 12.7. The summed E-state index contributed by atoms with van der Waals surface area (Å²) in [6, 6.07) is 13.1. The van der Waals surface area contributed by atoms with Gasteiger partial charge in [-0.25, -0.2) is 4.79 Å². The summed E-state index contributed by atoms with van der Waals surface area (Å²) in [5.41, 5.74) is 3.23. The predicted octanol–water partition coefficient (Wildman–Crippen LogP) is 3.88. The van der Waals surface area contributed by atoms with E-state index in [2.05, 4.69) is 0 Å². The lowest BCUT2D eigenvalue weighted by molar-refractivity contribution is -0.122. The van der Waals surface area contributed by atoms with Crippen molar-refractivity contribution in [1.82, 2.24) is 0 Å². The number of rotatable bonds is 4. The normalized spacial score (nSPS) is 15.5. The smallest absolute Gasteiger partial charge is 0.375 e. The van der Waals surface area contributed by atoms with Crippen LogP contribution in [-0.4, -0.2) is 31.6 Å². The molecule has 1 unspecified atom stereocenters. The van der Waals surface area contributed by atoms with Crippen LogP contribution in [0.2, 0.25) is 0 Å². The predicted molar refractivity (Wildman–Crippen MR) is 105 cm³/mol. The van der Waals surface area contributed by atoms with Crippen LogP contribution in [0, 0.1) is 6.92 Å². The second-order valence-corrected chi connectivity index (χ2v) is 6.94. The minimum Gasteiger partial charge on any atom is -0.497 e. The van der Waals surface area contributed by atoms with Crippen molar-refractivity contribution in [2.45, 2.75) is 26.3 Å². The molecule has 0 fully saturated rings. The number of ether oxygens (including phenoxy) is 2. The Morgan fingerprint density at radius 2 is 2.00 bits per heavy atom. The van der Waals surface area contributed by atoms with Gasteiger partial charge in [-0.1, -0.05) is 18.2 Å². The molecule has 4 rings (SSSR count). The van der Waals surface area contributed by atoms with E-state index >= 15 is 0 Å². The van der Waals surface area contributed by atoms with Crippen molar-refractivity contribution >= 4 is 28.5 Å². The van der Waals surface area contributed by atoms with Crippen molar-refractivity contribution in [2.24, 2.45) is 0 Å². The number of carbonyl (C=O) groups is 2. The van der Waals surface area contributed by atoms with Crippen molar-refractivity contribution in [3.63, 3.8) is 0 Å². The van der Waals surface area contributed by atoms with Crippen LogP contribution in [0.4, 0.5) is 5.69 Å². The molecule has 1 aliphatic rings. The molecule has 0 saturated carbocycles. The lowest BCUT2D eigenvalue weighted by Gasteiger charge is -2.22. The van der Waals surface area contributed by atoms with Gasteiger partial charge in [0.1, 0.15) is 11.3 Å². The number of anilines is 1. The Bertz CT molecular complexity index is 1070. The lowest BCUT2D eigenvalue weighted by Crippen LogP contribution is -2.38. The van der Waals surface area contributed by atoms with E-state index in [0.29, 0.717) is 16.9 Å². The Balaban J connectivity index is 1.50. The van der Waals surface area contributed by atoms with Gasteiger partial charge in [0.15, 0.2) is 6.61 Å². The molecule has 144 valence electrons. The number of hydrogen-bond donors (Lipinski definition) is 0. The molecular weight excluding hydrogens is 358 g/mol. The van der Waals surface area contributed by atoms with Gasteiger partial charge in [0, 0.05) is 22.7 Å². The first-order valence-corrected chi connectivity index (χ1v) is 9.14. The summed E-state index contributed by atoms with van der Waals surface area (Å²) in [6.45, 7) is 3.43. The standard InChI is InChI=1S/C22H21NO5/c1-13-10-15-6-4-5-7-18(15)23(13)20(24)12-27-22(25)21-14(2)17-11-16(26-3)8-9-19(17)28-21/h4-9,11,13H,10,12H2,1-3H3. The number of benzene rings is 2. The molecule has 1 aromatic heterocycles. The van der Waals surface area contributed by atoms with E-state index in [4.69, 9.17) is 13.9 Å². The topological polar surface area (TPSA) is 69.0 Å². The summed E-state index contributed by atoms with van der Waals surface area (Å²) in [4.78, 5) is 26.9. The number of furan rings is 1. The Morgan fingerprint density at radius 3 is 2.79 bits per heavy atom. The number of methoxy groups -OCH3 is 1. The number of fused-ring (bicyclic) bond motifs is 2. The molecule has 1 aliphatic heterocycles. The van der Waals surface area contributed by atoms with Crippen molar-refractivity contribution < 1.29 is 23.5 Å². The number of hydrogen-bond acceptors (Lipinski definition) is 5. The molecule has 28 heavy (non-hydrogen) atoms. The summed E-state index contributed by atoms with van der Waals surface area (Å²) < 4.78 is 16.1. The second-order valence-electron chi connectivity index (χ2n) is 6.94. The average Bonchev–Trinajstić information content (AvgIpc) is 3.21. The molecular formula is C22H21NO5. The van der Waals surface area contributed by atoms with Gasteiger partial charge in [0.2, 0.25) is 5.76 Å². The van der Waals surface area contributed by atoms with E-state index in [1.54, 1.807) is 37.1 Å². The van der Waals surface area contributed by atoms with E-state index in [-0.39, 0.29) is 24.3 Å². The maximum Gasteiger partial charge on any atom is 0.375 e. The van der Waals surface area contributed by atoms with Crippen LogP contribution in [0.15, 0.2) is 46.9 Å². The minimum absolute atomic E-state index is 0.0315. The summed E-state index contributed by atoms with van der Waals surface area (Å²) in [5, 5.41) is 0.778. The summed E-state index contributed by atoms with van der Waals surface area (Å²) >= 11 is 0. The molecule has 0 spiro atoms. The first-order chi connectivity index (χ1) is 13.5. The Labute approximate surface area is 162 Å². The Kier molecular flexibility index (Phi) is 4.55. The number of para-hydroxylation sites is 1. The monoisotopic (exact) mass is 379 g/mol. The number of carbonyl (C=O) groups excluding carboxylic acids is 2. The highest BCUT2D eigenvalue weighted by atomic mass is 16.5. The number of nitrogens with zero attached hydrogens (tertiary/aromatic N) is 1. The SMILES string of the molecule is COc1ccc2oc(C(=O)OCC(=O)N3c4ccccc4CC3C)c(C)c2c1. The van der Waals surface area contributed by atoms with Crippen LogP contribution >= 0.6 is 0 Å². The van der Waals surface area contributed by atoms with E-state index in [1.807, 2.05) is 31.2 Å². The minimum atomic E-state index is -0.652. The molecule has 3 aromatic rings. The fourth-order valence-corrected chi connectivity index (χ4v) is 3.73. The summed E-state index contributed by atoms with van der Waals surface area (Å²) in [7, 11) is 1.58. The second kappa shape index (κ2) is 7.03. The largest absolute Gasteiger partial charge is 0.497 e. The van der Waals surface area contributed by atoms with E-state index in [0.717, 1.165) is 23.1 Å². The van der Waals surface area contributed by atoms with Crippen molar-refractivity contribution in [1.29, 1.82) is 0 Å². The molecule has 0 saturated heterocycles. The van der Waals surface area contributed by atoms with E-state index in [1.165, 1.54) is 0 Å². The molecule has 0 radical (unpaired) electrons. The van der Waals surface area contributed by atoms with Crippen molar-refractivity contribution in [3.8, 4) is 5.75 Å². The third-order valence-corrected chi connectivity index (χ3v) is 5.13. The zero-order valence-electron chi connectivity index (χ0n) is 16.0. The summed E-state index contributed by atoms with van der Waals surface area (Å²) in [6.07, 6.45) is 0.792. The van der Waals surface area contributed by atoms with Crippen LogP contribution in [0.25, 0.3) is 11.0 Å². The van der Waals surface area contributed by atoms with Gasteiger partial charge in [-0.15, -0.1) is 0 Å². The third kappa shape index (κ3) is 3.01. The van der Waals surface area contributed by atoms with Gasteiger partial charge in [-0.05, 0) is 50.1 Å². The Morgan fingerprint density at radius 1 is 1.21 bits per heavy atom. The van der Waals surface area contributed by atoms with E-state index in [9.17, 15) is 9.59 Å². The van der Waals surface area contributed by atoms with Crippen LogP contribution in [-0.2, 0) is 16.0 Å². The summed E-state index contributed by atoms with van der Waals surface area (Å²) in [5.74, 6) is -0.124. The molecule has 6 heteroatoms. The van der Waals surface area contributed by atoms with Gasteiger partial charge in [0.25, 0.3) is 5.91 Å². The highest BCUT2D eigenvalue weighted by Gasteiger charge is 2.31. The fourth-order valence-electron chi connectivity index (χ4n) is 3.73. The first kappa shape index (κ1) is 18.1. The number of esters is 1. The molecule has 2 heterocycles. The van der Waals surface area contributed by atoms with Gasteiger partial charge >= 0.3 is 5.97 Å². The first-order valence-electron chi connectivity index (χ1n) is 9.14. The molecule has 0 N–H and O–H groups in total. The number of amides is 1. The molecule has 2 aromatic carbocycles. The average molecular weight is 379 g/mol. The molecule has 1 atom stereocenters. The van der Waals surface area contributed by atoms with Crippen LogP contribution in [0.3, 0.4) is 0 Å². The zero-order valence-corrected chi connectivity index (χ0v) is 16.0. The molecule has 6 nitrogen and oxygen atoms in total. The highest BCUT2D eigenvalue weighted by Crippen LogP contribution is 2.32.